The van der Waals surface area contributed by atoms with E-state index in [1.165, 1.54) is 0 Å². The Balaban J connectivity index is 2.02. The topological polar surface area (TPSA) is 72.9 Å². The first-order valence-electron chi connectivity index (χ1n) is 9.64. The van der Waals surface area contributed by atoms with Gasteiger partial charge in [0.1, 0.15) is 11.0 Å². The highest BCUT2D eigenvalue weighted by Crippen LogP contribution is 2.51. The van der Waals surface area contributed by atoms with Crippen molar-refractivity contribution >= 4 is 22.9 Å². The van der Waals surface area contributed by atoms with Crippen molar-refractivity contribution in [3.8, 4) is 0 Å². The fraction of sp³-hybridized carbons (Fsp3) is 0.700. The molecule has 27 heavy (non-hydrogen) atoms. The third-order valence-corrected chi connectivity index (χ3v) is 7.32. The van der Waals surface area contributed by atoms with E-state index in [4.69, 9.17) is 9.47 Å². The Morgan fingerprint density at radius 1 is 1.19 bits per heavy atom. The summed E-state index contributed by atoms with van der Waals surface area (Å²) in [6.07, 6.45) is 5.87. The van der Waals surface area contributed by atoms with Crippen LogP contribution >= 0.6 is 0 Å². The van der Waals surface area contributed by atoms with Gasteiger partial charge in [0.2, 0.25) is 0 Å². The highest BCUT2D eigenvalue weighted by Gasteiger charge is 2.56. The van der Waals surface area contributed by atoms with Crippen LogP contribution in [0.4, 0.5) is 0 Å². The second-order valence-electron chi connectivity index (χ2n) is 8.26. The monoisotopic (exact) mass is 395 g/mol. The molecule has 150 valence electrons. The maximum absolute atomic E-state index is 13.1. The molecular formula is C20H29NO5S. The van der Waals surface area contributed by atoms with Crippen LogP contribution in [0.5, 0.6) is 0 Å². The average Bonchev–Trinajstić information content (AvgIpc) is 3.13. The van der Waals surface area contributed by atoms with E-state index in [1.807, 2.05) is 25.1 Å². The van der Waals surface area contributed by atoms with E-state index in [-0.39, 0.29) is 36.5 Å². The number of fused-ring (bicyclic) bond motifs is 4. The van der Waals surface area contributed by atoms with Gasteiger partial charge in [-0.1, -0.05) is 12.2 Å². The minimum absolute atomic E-state index is 0.0409. The van der Waals surface area contributed by atoms with E-state index in [9.17, 15) is 13.8 Å². The van der Waals surface area contributed by atoms with E-state index >= 15 is 0 Å². The first-order valence-corrected chi connectivity index (χ1v) is 10.7. The van der Waals surface area contributed by atoms with Crippen molar-refractivity contribution in [2.45, 2.75) is 70.7 Å². The normalized spacial score (nSPS) is 27.4. The van der Waals surface area contributed by atoms with Crippen molar-refractivity contribution in [3.63, 3.8) is 0 Å². The van der Waals surface area contributed by atoms with Gasteiger partial charge in [-0.15, -0.1) is 0 Å². The fourth-order valence-corrected chi connectivity index (χ4v) is 5.69. The van der Waals surface area contributed by atoms with Gasteiger partial charge >= 0.3 is 11.9 Å². The maximum Gasteiger partial charge on any atom is 0.327 e. The Labute approximate surface area is 163 Å². The van der Waals surface area contributed by atoms with Crippen LogP contribution in [0.25, 0.3) is 0 Å². The molecule has 3 aliphatic rings. The fourth-order valence-electron chi connectivity index (χ4n) is 4.19. The predicted molar refractivity (Wildman–Crippen MR) is 103 cm³/mol. The highest BCUT2D eigenvalue weighted by molar-refractivity contribution is 7.84. The zero-order valence-electron chi connectivity index (χ0n) is 16.7. The maximum atomic E-state index is 13.1. The molecule has 0 aromatic carbocycles. The van der Waals surface area contributed by atoms with Crippen molar-refractivity contribution in [3.05, 3.63) is 23.3 Å². The highest BCUT2D eigenvalue weighted by atomic mass is 32.2. The van der Waals surface area contributed by atoms with Crippen molar-refractivity contribution in [1.29, 1.82) is 0 Å². The molecule has 0 aromatic heterocycles. The van der Waals surface area contributed by atoms with Gasteiger partial charge in [0.25, 0.3) is 0 Å². The number of rotatable bonds is 5. The molecule has 1 fully saturated rings. The van der Waals surface area contributed by atoms with E-state index in [0.717, 1.165) is 24.0 Å². The van der Waals surface area contributed by atoms with Crippen LogP contribution in [0.15, 0.2) is 23.3 Å². The Morgan fingerprint density at radius 2 is 1.78 bits per heavy atom. The van der Waals surface area contributed by atoms with Gasteiger partial charge in [-0.25, -0.2) is 8.51 Å². The number of carbonyl (C=O) groups is 2. The summed E-state index contributed by atoms with van der Waals surface area (Å²) in [4.78, 5) is 25.5. The lowest BCUT2D eigenvalue weighted by atomic mass is 9.86. The summed E-state index contributed by atoms with van der Waals surface area (Å²) in [5.41, 5.74) is 0.500. The molecule has 3 rings (SSSR count). The van der Waals surface area contributed by atoms with Crippen LogP contribution in [0.3, 0.4) is 0 Å². The molecule has 1 saturated heterocycles. The second kappa shape index (κ2) is 7.17. The zero-order chi connectivity index (χ0) is 20.0. The van der Waals surface area contributed by atoms with Crippen molar-refractivity contribution < 1.29 is 23.3 Å². The van der Waals surface area contributed by atoms with Crippen molar-refractivity contribution in [2.24, 2.45) is 5.41 Å². The molecule has 2 heterocycles. The third kappa shape index (κ3) is 3.29. The molecule has 0 N–H and O–H groups in total. The van der Waals surface area contributed by atoms with Crippen LogP contribution in [0.2, 0.25) is 0 Å². The van der Waals surface area contributed by atoms with Crippen LogP contribution in [0, 0.1) is 5.41 Å². The minimum Gasteiger partial charge on any atom is -0.465 e. The van der Waals surface area contributed by atoms with Gasteiger partial charge < -0.3 is 9.47 Å². The molecule has 0 aromatic rings. The number of esters is 2. The van der Waals surface area contributed by atoms with Gasteiger partial charge in [-0.3, -0.25) is 9.59 Å². The third-order valence-electron chi connectivity index (χ3n) is 5.36. The Kier molecular flexibility index (Phi) is 5.38. The van der Waals surface area contributed by atoms with Crippen molar-refractivity contribution in [1.82, 2.24) is 4.31 Å². The van der Waals surface area contributed by atoms with E-state index in [0.29, 0.717) is 0 Å². The molecule has 0 amide bonds. The van der Waals surface area contributed by atoms with Crippen LogP contribution < -0.4 is 0 Å². The molecule has 1 aliphatic carbocycles. The SMILES string of the molecule is CCOC(=O)C1(C(=O)OCC)C=C2C(=CC3CCC2N3S(=O)C(C)(C)C)C1. The molecule has 0 radical (unpaired) electrons. The molecule has 3 atom stereocenters. The van der Waals surface area contributed by atoms with Gasteiger partial charge in [-0.05, 0) is 58.6 Å². The Morgan fingerprint density at radius 3 is 2.30 bits per heavy atom. The number of carbonyl (C=O) groups excluding carboxylic acids is 2. The van der Waals surface area contributed by atoms with Crippen LogP contribution in [0.1, 0.15) is 53.9 Å². The van der Waals surface area contributed by atoms with Crippen LogP contribution in [-0.2, 0) is 30.0 Å². The molecule has 6 nitrogen and oxygen atoms in total. The standard InChI is InChI=1S/C20H29NO5S/c1-6-25-17(22)20(18(23)26-7-2)11-13-10-14-8-9-16(15(13)12-20)21(14)27(24)19(3,4)5/h10,12,14,16H,6-9,11H2,1-5H3. The van der Waals surface area contributed by atoms with Gasteiger partial charge in [0, 0.05) is 18.5 Å². The number of hydrogen-bond acceptors (Lipinski definition) is 5. The molecule has 3 unspecified atom stereocenters. The second-order valence-corrected chi connectivity index (χ2v) is 10.4. The van der Waals surface area contributed by atoms with E-state index in [1.54, 1.807) is 19.9 Å². The van der Waals surface area contributed by atoms with E-state index < -0.39 is 28.3 Å². The average molecular weight is 396 g/mol. The first kappa shape index (κ1) is 20.3. The van der Waals surface area contributed by atoms with Gasteiger partial charge in [0.05, 0.1) is 18.0 Å². The summed E-state index contributed by atoms with van der Waals surface area (Å²) in [6, 6.07) is 0.0307. The summed E-state index contributed by atoms with van der Waals surface area (Å²) in [5.74, 6) is -1.13. The Bertz CT molecular complexity index is 715. The summed E-state index contributed by atoms with van der Waals surface area (Å²) in [7, 11) is -1.17. The zero-order valence-corrected chi connectivity index (χ0v) is 17.6. The largest absolute Gasteiger partial charge is 0.465 e. The minimum atomic E-state index is -1.42. The lowest BCUT2D eigenvalue weighted by Gasteiger charge is -2.37. The van der Waals surface area contributed by atoms with Crippen molar-refractivity contribution in [2.75, 3.05) is 13.2 Å². The number of nitrogens with zero attached hydrogens (tertiary/aromatic N) is 1. The molecule has 2 aliphatic heterocycles. The molecule has 2 bridgehead atoms. The summed E-state index contributed by atoms with van der Waals surface area (Å²) >= 11 is 0. The number of hydrogen-bond donors (Lipinski definition) is 0. The first-order chi connectivity index (χ1) is 12.7. The smallest absolute Gasteiger partial charge is 0.327 e. The summed E-state index contributed by atoms with van der Waals surface area (Å²) < 4.78 is 25.2. The predicted octanol–water partition coefficient (Wildman–Crippen LogP) is 2.66. The molecule has 0 saturated carbocycles. The summed E-state index contributed by atoms with van der Waals surface area (Å²) in [6.45, 7) is 9.75. The van der Waals surface area contributed by atoms with Crippen LogP contribution in [-0.4, -0.2) is 50.5 Å². The lowest BCUT2D eigenvalue weighted by molar-refractivity contribution is -0.167. The van der Waals surface area contributed by atoms with Gasteiger partial charge in [-0.2, -0.15) is 0 Å². The molecule has 7 heteroatoms. The molecule has 0 spiro atoms. The number of ether oxygens (including phenoxy) is 2. The quantitative estimate of drug-likeness (QED) is 0.529. The summed E-state index contributed by atoms with van der Waals surface area (Å²) in [5, 5.41) is 0. The molecular weight excluding hydrogens is 366 g/mol. The lowest BCUT2D eigenvalue weighted by Crippen LogP contribution is -2.46. The van der Waals surface area contributed by atoms with Gasteiger partial charge in [0.15, 0.2) is 5.41 Å². The Hall–Kier alpha value is -1.47. The van der Waals surface area contributed by atoms with E-state index in [2.05, 4.69) is 6.08 Å².